The summed E-state index contributed by atoms with van der Waals surface area (Å²) in [5.74, 6) is 1.00. The molecule has 0 N–H and O–H groups in total. The second kappa shape index (κ2) is 7.27. The molecule has 0 saturated carbocycles. The summed E-state index contributed by atoms with van der Waals surface area (Å²) in [7, 11) is 0. The molecule has 1 nitrogen and oxygen atoms in total. The second-order valence-electron chi connectivity index (χ2n) is 5.72. The predicted octanol–water partition coefficient (Wildman–Crippen LogP) is 4.32. The molecule has 0 unspecified atom stereocenters. The van der Waals surface area contributed by atoms with Crippen LogP contribution in [0.3, 0.4) is 0 Å². The molecule has 0 aromatic heterocycles. The molecule has 1 fully saturated rings. The topological polar surface area (TPSA) is 3.24 Å². The number of hydrogen-bond donors (Lipinski definition) is 0. The van der Waals surface area contributed by atoms with E-state index in [1.807, 2.05) is 0 Å². The van der Waals surface area contributed by atoms with Gasteiger partial charge in [0.05, 0.1) is 0 Å². The van der Waals surface area contributed by atoms with Crippen LogP contribution in [0.5, 0.6) is 0 Å². The standard InChI is InChI=1S/C11H23N.C3H8/c1-5-10-6-8-12(9-7-10)11(2,3)4;1-3-2/h10H,5-9H2,1-4H3;3H2,1-2H3. The van der Waals surface area contributed by atoms with Crippen molar-refractivity contribution in [2.24, 2.45) is 5.92 Å². The lowest BCUT2D eigenvalue weighted by atomic mass is 9.91. The summed E-state index contributed by atoms with van der Waals surface area (Å²) in [6.07, 6.45) is 5.44. The Hall–Kier alpha value is -0.0400. The third-order valence-electron chi connectivity index (χ3n) is 3.14. The van der Waals surface area contributed by atoms with Crippen molar-refractivity contribution in [2.75, 3.05) is 13.1 Å². The number of rotatable bonds is 1. The predicted molar refractivity (Wildman–Crippen MR) is 70.3 cm³/mol. The minimum atomic E-state index is 0.388. The number of hydrogen-bond acceptors (Lipinski definition) is 1. The zero-order valence-corrected chi connectivity index (χ0v) is 11.8. The third-order valence-corrected chi connectivity index (χ3v) is 3.14. The summed E-state index contributed by atoms with van der Waals surface area (Å²) in [4.78, 5) is 2.61. The second-order valence-corrected chi connectivity index (χ2v) is 5.72. The molecule has 15 heavy (non-hydrogen) atoms. The van der Waals surface area contributed by atoms with Crippen LogP contribution in [-0.2, 0) is 0 Å². The van der Waals surface area contributed by atoms with Gasteiger partial charge >= 0.3 is 0 Å². The van der Waals surface area contributed by atoms with Crippen LogP contribution in [0.25, 0.3) is 0 Å². The van der Waals surface area contributed by atoms with Crippen LogP contribution in [0, 0.1) is 5.92 Å². The van der Waals surface area contributed by atoms with Crippen molar-refractivity contribution in [3.63, 3.8) is 0 Å². The highest BCUT2D eigenvalue weighted by molar-refractivity contribution is 4.81. The average molecular weight is 213 g/mol. The highest BCUT2D eigenvalue weighted by atomic mass is 15.2. The number of piperidine rings is 1. The van der Waals surface area contributed by atoms with Crippen LogP contribution >= 0.6 is 0 Å². The van der Waals surface area contributed by atoms with Gasteiger partial charge < -0.3 is 0 Å². The van der Waals surface area contributed by atoms with Crippen molar-refractivity contribution < 1.29 is 0 Å². The summed E-state index contributed by atoms with van der Waals surface area (Å²) in [5.41, 5.74) is 0.388. The van der Waals surface area contributed by atoms with Gasteiger partial charge in [-0.1, -0.05) is 33.6 Å². The Morgan fingerprint density at radius 1 is 1.00 bits per heavy atom. The van der Waals surface area contributed by atoms with Gasteiger partial charge in [0, 0.05) is 5.54 Å². The lowest BCUT2D eigenvalue weighted by Crippen LogP contribution is -2.46. The molecule has 1 heteroatoms. The molecule has 0 amide bonds. The fourth-order valence-electron chi connectivity index (χ4n) is 2.01. The van der Waals surface area contributed by atoms with Crippen LogP contribution in [0.4, 0.5) is 0 Å². The van der Waals surface area contributed by atoms with Gasteiger partial charge in [-0.3, -0.25) is 4.90 Å². The summed E-state index contributed by atoms with van der Waals surface area (Å²) in [6, 6.07) is 0. The number of likely N-dealkylation sites (tertiary alicyclic amines) is 1. The van der Waals surface area contributed by atoms with Crippen molar-refractivity contribution in [1.82, 2.24) is 4.90 Å². The minimum Gasteiger partial charge on any atom is -0.298 e. The van der Waals surface area contributed by atoms with Crippen LogP contribution in [0.2, 0.25) is 0 Å². The fraction of sp³-hybridized carbons (Fsp3) is 1.00. The molecule has 0 aliphatic carbocycles. The molecule has 1 aliphatic heterocycles. The molecular formula is C14H31N. The van der Waals surface area contributed by atoms with Gasteiger partial charge in [-0.25, -0.2) is 0 Å². The van der Waals surface area contributed by atoms with Gasteiger partial charge in [-0.05, 0) is 52.6 Å². The molecule has 1 heterocycles. The van der Waals surface area contributed by atoms with Crippen LogP contribution in [0.15, 0.2) is 0 Å². The normalized spacial score (nSPS) is 19.6. The molecule has 0 spiro atoms. The monoisotopic (exact) mass is 213 g/mol. The maximum absolute atomic E-state index is 2.61. The van der Waals surface area contributed by atoms with E-state index in [-0.39, 0.29) is 0 Å². The summed E-state index contributed by atoms with van der Waals surface area (Å²) in [6.45, 7) is 16.1. The quantitative estimate of drug-likeness (QED) is 0.627. The van der Waals surface area contributed by atoms with E-state index in [1.54, 1.807) is 0 Å². The molecule has 0 radical (unpaired) electrons. The lowest BCUT2D eigenvalue weighted by Gasteiger charge is -2.40. The Bertz CT molecular complexity index is 138. The molecule has 92 valence electrons. The zero-order chi connectivity index (χ0) is 11.9. The molecule has 1 aliphatic rings. The van der Waals surface area contributed by atoms with Crippen molar-refractivity contribution in [1.29, 1.82) is 0 Å². The van der Waals surface area contributed by atoms with E-state index in [9.17, 15) is 0 Å². The number of nitrogens with zero attached hydrogens (tertiary/aromatic N) is 1. The largest absolute Gasteiger partial charge is 0.298 e. The van der Waals surface area contributed by atoms with E-state index >= 15 is 0 Å². The van der Waals surface area contributed by atoms with Crippen molar-refractivity contribution >= 4 is 0 Å². The van der Waals surface area contributed by atoms with E-state index in [2.05, 4.69) is 46.4 Å². The maximum atomic E-state index is 2.61. The summed E-state index contributed by atoms with van der Waals surface area (Å²) in [5, 5.41) is 0. The third kappa shape index (κ3) is 6.19. The van der Waals surface area contributed by atoms with E-state index in [0.717, 1.165) is 5.92 Å². The maximum Gasteiger partial charge on any atom is 0.0125 e. The van der Waals surface area contributed by atoms with Crippen LogP contribution < -0.4 is 0 Å². The summed E-state index contributed by atoms with van der Waals surface area (Å²) >= 11 is 0. The highest BCUT2D eigenvalue weighted by Gasteiger charge is 2.25. The molecule has 1 saturated heterocycles. The van der Waals surface area contributed by atoms with E-state index in [1.165, 1.54) is 38.8 Å². The van der Waals surface area contributed by atoms with Crippen molar-refractivity contribution in [3.05, 3.63) is 0 Å². The molecule has 1 rings (SSSR count). The first-order valence-corrected chi connectivity index (χ1v) is 6.70. The van der Waals surface area contributed by atoms with Crippen molar-refractivity contribution in [3.8, 4) is 0 Å². The molecule has 0 aromatic carbocycles. The average Bonchev–Trinajstić information content (AvgIpc) is 2.18. The Morgan fingerprint density at radius 2 is 1.40 bits per heavy atom. The Balaban J connectivity index is 0.000000583. The Labute approximate surface area is 97.2 Å². The minimum absolute atomic E-state index is 0.388. The Kier molecular flexibility index (Phi) is 7.25. The Morgan fingerprint density at radius 3 is 1.67 bits per heavy atom. The van der Waals surface area contributed by atoms with Gasteiger partial charge in [0.2, 0.25) is 0 Å². The first-order chi connectivity index (χ1) is 6.95. The first-order valence-electron chi connectivity index (χ1n) is 6.70. The van der Waals surface area contributed by atoms with Crippen LogP contribution in [-0.4, -0.2) is 23.5 Å². The highest BCUT2D eigenvalue weighted by Crippen LogP contribution is 2.25. The smallest absolute Gasteiger partial charge is 0.0125 e. The van der Waals surface area contributed by atoms with Crippen LogP contribution in [0.1, 0.15) is 67.2 Å². The first kappa shape index (κ1) is 15.0. The van der Waals surface area contributed by atoms with Gasteiger partial charge in [-0.2, -0.15) is 0 Å². The summed E-state index contributed by atoms with van der Waals surface area (Å²) < 4.78 is 0. The van der Waals surface area contributed by atoms with Gasteiger partial charge in [0.1, 0.15) is 0 Å². The zero-order valence-electron chi connectivity index (χ0n) is 11.8. The molecular weight excluding hydrogens is 182 g/mol. The van der Waals surface area contributed by atoms with E-state index in [0.29, 0.717) is 5.54 Å². The molecule has 0 atom stereocenters. The van der Waals surface area contributed by atoms with Crippen molar-refractivity contribution in [2.45, 2.75) is 72.8 Å². The molecule has 0 bridgehead atoms. The SMILES string of the molecule is CCC.CCC1CCN(C(C)(C)C)CC1. The fourth-order valence-corrected chi connectivity index (χ4v) is 2.01. The van der Waals surface area contributed by atoms with Gasteiger partial charge in [0.25, 0.3) is 0 Å². The van der Waals surface area contributed by atoms with Gasteiger partial charge in [0.15, 0.2) is 0 Å². The van der Waals surface area contributed by atoms with E-state index < -0.39 is 0 Å². The lowest BCUT2D eigenvalue weighted by molar-refractivity contribution is 0.0866. The van der Waals surface area contributed by atoms with E-state index in [4.69, 9.17) is 0 Å². The van der Waals surface area contributed by atoms with Gasteiger partial charge in [-0.15, -0.1) is 0 Å². The molecule has 0 aromatic rings.